The largest absolute Gasteiger partial charge is 0.497 e. The van der Waals surface area contributed by atoms with Crippen molar-refractivity contribution in [3.8, 4) is 11.4 Å². The van der Waals surface area contributed by atoms with Crippen LogP contribution in [0.15, 0.2) is 77.6 Å². The molecule has 0 spiro atoms. The van der Waals surface area contributed by atoms with E-state index in [-0.39, 0.29) is 17.2 Å². The van der Waals surface area contributed by atoms with Crippen molar-refractivity contribution in [2.75, 3.05) is 7.11 Å². The topological polar surface area (TPSA) is 79.9 Å². The number of ketones is 1. The molecule has 0 radical (unpaired) electrons. The first-order chi connectivity index (χ1) is 18.1. The van der Waals surface area contributed by atoms with E-state index >= 15 is 0 Å². The Balaban J connectivity index is 1.71. The first-order valence-corrected chi connectivity index (χ1v) is 11.9. The summed E-state index contributed by atoms with van der Waals surface area (Å²) >= 11 is 6.02. The molecule has 2 aromatic heterocycles. The molecule has 5 rings (SSSR count). The Bertz CT molecular complexity index is 1720. The molecule has 38 heavy (non-hydrogen) atoms. The van der Waals surface area contributed by atoms with Gasteiger partial charge in [0.1, 0.15) is 5.75 Å². The zero-order chi connectivity index (χ0) is 27.2. The standard InChI is InChI=1S/C28H21ClF3N3O3/c1-15-25(21-13-20(38-2)10-11-22(21)33-15)26(27(37)16-6-8-18(29)9-7-16)23-14-24(36)35(34-23)19-5-3-4-17(12-19)28(30,31)32/h3-14,26,33-34H,1-2H3. The number of hydrogen-bond donors (Lipinski definition) is 2. The van der Waals surface area contributed by atoms with Gasteiger partial charge in [0.25, 0.3) is 5.56 Å². The van der Waals surface area contributed by atoms with Crippen molar-refractivity contribution in [3.05, 3.63) is 116 Å². The van der Waals surface area contributed by atoms with Crippen LogP contribution < -0.4 is 10.3 Å². The number of hydrogen-bond acceptors (Lipinski definition) is 3. The predicted molar refractivity (Wildman–Crippen MR) is 139 cm³/mol. The molecule has 0 fully saturated rings. The van der Waals surface area contributed by atoms with Crippen LogP contribution in [0, 0.1) is 6.92 Å². The van der Waals surface area contributed by atoms with Gasteiger partial charge in [-0.2, -0.15) is 13.2 Å². The smallest absolute Gasteiger partial charge is 0.416 e. The van der Waals surface area contributed by atoms with Crippen LogP contribution in [0.5, 0.6) is 5.75 Å². The second kappa shape index (κ2) is 9.57. The lowest BCUT2D eigenvalue weighted by Crippen LogP contribution is -2.17. The van der Waals surface area contributed by atoms with Gasteiger partial charge in [-0.1, -0.05) is 17.7 Å². The van der Waals surface area contributed by atoms with Crippen molar-refractivity contribution < 1.29 is 22.7 Å². The minimum atomic E-state index is -4.58. The number of fused-ring (bicyclic) bond motifs is 1. The van der Waals surface area contributed by atoms with Crippen LogP contribution in [-0.2, 0) is 6.18 Å². The minimum Gasteiger partial charge on any atom is -0.497 e. The third kappa shape index (κ3) is 4.61. The molecule has 0 aliphatic carbocycles. The Morgan fingerprint density at radius 1 is 1.03 bits per heavy atom. The summed E-state index contributed by atoms with van der Waals surface area (Å²) in [6.07, 6.45) is -4.58. The van der Waals surface area contributed by atoms with Gasteiger partial charge in [-0.15, -0.1) is 0 Å². The number of carbonyl (C=O) groups is 1. The van der Waals surface area contributed by atoms with E-state index in [4.69, 9.17) is 16.3 Å². The van der Waals surface area contributed by atoms with E-state index in [1.165, 1.54) is 25.3 Å². The molecule has 1 unspecified atom stereocenters. The Morgan fingerprint density at radius 2 is 1.76 bits per heavy atom. The lowest BCUT2D eigenvalue weighted by Gasteiger charge is -2.16. The van der Waals surface area contributed by atoms with Crippen LogP contribution in [0.4, 0.5) is 13.2 Å². The van der Waals surface area contributed by atoms with Crippen LogP contribution in [0.3, 0.4) is 0 Å². The average Bonchev–Trinajstić information content (AvgIpc) is 3.43. The number of rotatable bonds is 6. The van der Waals surface area contributed by atoms with Crippen molar-refractivity contribution >= 4 is 28.3 Å². The molecular formula is C28H21ClF3N3O3. The lowest BCUT2D eigenvalue weighted by molar-refractivity contribution is -0.137. The Labute approximate surface area is 219 Å². The zero-order valence-corrected chi connectivity index (χ0v) is 20.9. The number of nitrogens with one attached hydrogen (secondary N) is 2. The van der Waals surface area contributed by atoms with E-state index in [1.54, 1.807) is 36.4 Å². The van der Waals surface area contributed by atoms with Crippen LogP contribution in [0.2, 0.25) is 5.02 Å². The summed E-state index contributed by atoms with van der Waals surface area (Å²) in [5.74, 6) is -0.742. The molecule has 194 valence electrons. The highest BCUT2D eigenvalue weighted by molar-refractivity contribution is 6.30. The number of benzene rings is 3. The van der Waals surface area contributed by atoms with Crippen LogP contribution in [-0.4, -0.2) is 27.7 Å². The SMILES string of the molecule is COc1ccc2[nH]c(C)c(C(C(=O)c3ccc(Cl)cc3)c3cc(=O)n(-c4cccc(C(F)(F)F)c4)[nH]3)c2c1. The number of aromatic nitrogens is 3. The number of aromatic amines is 2. The molecule has 0 bridgehead atoms. The maximum atomic E-state index is 14.0. The molecule has 0 amide bonds. The van der Waals surface area contributed by atoms with Crippen LogP contribution in [0.25, 0.3) is 16.6 Å². The normalized spacial score (nSPS) is 12.6. The number of H-pyrrole nitrogens is 2. The van der Waals surface area contributed by atoms with Gasteiger partial charge in [-0.25, -0.2) is 4.68 Å². The van der Waals surface area contributed by atoms with Gasteiger partial charge in [0.15, 0.2) is 5.78 Å². The van der Waals surface area contributed by atoms with Gasteiger partial charge < -0.3 is 9.72 Å². The van der Waals surface area contributed by atoms with Crippen molar-refractivity contribution in [2.45, 2.75) is 19.0 Å². The fraction of sp³-hybridized carbons (Fsp3) is 0.143. The second-order valence-electron chi connectivity index (χ2n) is 8.81. The molecule has 0 aliphatic rings. The van der Waals surface area contributed by atoms with Gasteiger partial charge in [0, 0.05) is 33.2 Å². The molecule has 2 N–H and O–H groups in total. The molecule has 10 heteroatoms. The predicted octanol–water partition coefficient (Wildman–Crippen LogP) is 6.65. The molecule has 0 saturated carbocycles. The van der Waals surface area contributed by atoms with Crippen molar-refractivity contribution in [1.82, 2.24) is 14.8 Å². The number of carbonyl (C=O) groups excluding carboxylic acids is 1. The number of ether oxygens (including phenoxy) is 1. The van der Waals surface area contributed by atoms with Crippen LogP contribution >= 0.6 is 11.6 Å². The summed E-state index contributed by atoms with van der Waals surface area (Å²) < 4.78 is 46.3. The first-order valence-electron chi connectivity index (χ1n) is 11.5. The zero-order valence-electron chi connectivity index (χ0n) is 20.2. The Kier molecular flexibility index (Phi) is 6.40. The highest BCUT2D eigenvalue weighted by Crippen LogP contribution is 2.37. The molecule has 6 nitrogen and oxygen atoms in total. The number of methoxy groups -OCH3 is 1. The number of aryl methyl sites for hydroxylation is 1. The fourth-order valence-electron chi connectivity index (χ4n) is 4.61. The number of Topliss-reactive ketones (excluding diaryl/α,β-unsaturated/α-hetero) is 1. The van der Waals surface area contributed by atoms with Crippen LogP contribution in [0.1, 0.15) is 38.8 Å². The van der Waals surface area contributed by atoms with E-state index in [0.29, 0.717) is 33.0 Å². The summed E-state index contributed by atoms with van der Waals surface area (Å²) in [4.78, 5) is 30.3. The summed E-state index contributed by atoms with van der Waals surface area (Å²) in [6, 6.07) is 17.4. The van der Waals surface area contributed by atoms with Gasteiger partial charge in [0.2, 0.25) is 0 Å². The van der Waals surface area contributed by atoms with Gasteiger partial charge in [0.05, 0.1) is 30.0 Å². The third-order valence-electron chi connectivity index (χ3n) is 6.41. The average molecular weight is 540 g/mol. The molecule has 1 atom stereocenters. The van der Waals surface area contributed by atoms with E-state index in [1.807, 2.05) is 13.0 Å². The van der Waals surface area contributed by atoms with E-state index in [0.717, 1.165) is 22.3 Å². The summed E-state index contributed by atoms with van der Waals surface area (Å²) in [6.45, 7) is 1.81. The maximum Gasteiger partial charge on any atom is 0.416 e. The Morgan fingerprint density at radius 3 is 2.45 bits per heavy atom. The second-order valence-corrected chi connectivity index (χ2v) is 9.25. The highest BCUT2D eigenvalue weighted by atomic mass is 35.5. The number of nitrogens with zero attached hydrogens (tertiary/aromatic N) is 1. The Hall–Kier alpha value is -4.24. The monoisotopic (exact) mass is 539 g/mol. The third-order valence-corrected chi connectivity index (χ3v) is 6.66. The molecule has 5 aromatic rings. The van der Waals surface area contributed by atoms with Gasteiger partial charge in [-0.3, -0.25) is 14.7 Å². The summed E-state index contributed by atoms with van der Waals surface area (Å²) in [5, 5.41) is 4.06. The summed E-state index contributed by atoms with van der Waals surface area (Å²) in [5.41, 5.74) is 1.11. The molecule has 0 saturated heterocycles. The lowest BCUT2D eigenvalue weighted by atomic mass is 9.86. The number of halogens is 4. The van der Waals surface area contributed by atoms with E-state index < -0.39 is 23.2 Å². The highest BCUT2D eigenvalue weighted by Gasteiger charge is 2.32. The van der Waals surface area contributed by atoms with Gasteiger partial charge >= 0.3 is 6.18 Å². The minimum absolute atomic E-state index is 0.00825. The maximum absolute atomic E-state index is 14.0. The van der Waals surface area contributed by atoms with E-state index in [2.05, 4.69) is 10.1 Å². The number of alkyl halides is 3. The molecule has 0 aliphatic heterocycles. The van der Waals surface area contributed by atoms with Crippen molar-refractivity contribution in [1.29, 1.82) is 0 Å². The fourth-order valence-corrected chi connectivity index (χ4v) is 4.74. The van der Waals surface area contributed by atoms with E-state index in [9.17, 15) is 22.8 Å². The summed E-state index contributed by atoms with van der Waals surface area (Å²) in [7, 11) is 1.53. The van der Waals surface area contributed by atoms with Gasteiger partial charge in [-0.05, 0) is 73.2 Å². The first kappa shape index (κ1) is 25.4. The molecule has 3 aromatic carbocycles. The molecular weight excluding hydrogens is 519 g/mol. The quantitative estimate of drug-likeness (QED) is 0.237. The van der Waals surface area contributed by atoms with Crippen molar-refractivity contribution in [2.24, 2.45) is 0 Å². The van der Waals surface area contributed by atoms with Crippen molar-refractivity contribution in [3.63, 3.8) is 0 Å². The molecule has 2 heterocycles.